The summed E-state index contributed by atoms with van der Waals surface area (Å²) in [7, 11) is 0. The fourth-order valence-electron chi connectivity index (χ4n) is 1.88. The monoisotopic (exact) mass is 313 g/mol. The average molecular weight is 313 g/mol. The van der Waals surface area contributed by atoms with Crippen molar-refractivity contribution in [2.45, 2.75) is 25.3 Å². The number of nitrogens with one attached hydrogen (secondary N) is 1. The van der Waals surface area contributed by atoms with E-state index in [0.29, 0.717) is 13.0 Å². The molecular weight excluding hydrogens is 296 g/mol. The van der Waals surface area contributed by atoms with Gasteiger partial charge in [-0.1, -0.05) is 0 Å². The molecule has 0 aromatic heterocycles. The first-order valence-electron chi connectivity index (χ1n) is 6.58. The highest BCUT2D eigenvalue weighted by atomic mass is 16.6. The fraction of sp³-hybridized carbons (Fsp3) is 0.417. The molecule has 0 amide bonds. The van der Waals surface area contributed by atoms with Crippen LogP contribution in [-0.4, -0.2) is 33.5 Å². The third-order valence-corrected chi connectivity index (χ3v) is 3.01. The molecule has 0 saturated carbocycles. The van der Waals surface area contributed by atoms with Crippen LogP contribution >= 0.6 is 0 Å². The number of quaternary nitrogens is 1. The number of rotatable bonds is 9. The van der Waals surface area contributed by atoms with E-state index in [-0.39, 0.29) is 12.1 Å². The molecule has 1 atom stereocenters. The number of nitro groups is 2. The van der Waals surface area contributed by atoms with Gasteiger partial charge in [-0.05, 0) is 25.3 Å². The van der Waals surface area contributed by atoms with E-state index in [4.69, 9.17) is 5.11 Å². The maximum atomic E-state index is 11.2. The molecule has 10 nitrogen and oxygen atoms in total. The Labute approximate surface area is 125 Å². The van der Waals surface area contributed by atoms with Crippen LogP contribution in [0.15, 0.2) is 18.2 Å². The molecule has 0 aliphatic carbocycles. The molecule has 0 heterocycles. The van der Waals surface area contributed by atoms with Gasteiger partial charge in [0.2, 0.25) is 0 Å². The number of hydrogen-bond acceptors (Lipinski definition) is 6. The average Bonchev–Trinajstić information content (AvgIpc) is 2.45. The van der Waals surface area contributed by atoms with Gasteiger partial charge in [0.05, 0.1) is 22.5 Å². The molecular formula is C12H17N4O6+. The lowest BCUT2D eigenvalue weighted by Crippen LogP contribution is -2.50. The predicted molar refractivity (Wildman–Crippen MR) is 76.4 cm³/mol. The summed E-state index contributed by atoms with van der Waals surface area (Å²) in [5.41, 5.74) is 2.64. The van der Waals surface area contributed by atoms with Gasteiger partial charge in [-0.2, -0.15) is 0 Å². The summed E-state index contributed by atoms with van der Waals surface area (Å²) >= 11 is 0. The van der Waals surface area contributed by atoms with Gasteiger partial charge in [-0.3, -0.25) is 20.2 Å². The van der Waals surface area contributed by atoms with E-state index in [1.807, 2.05) is 0 Å². The number of aliphatic carboxylic acids is 1. The molecule has 0 fully saturated rings. The third kappa shape index (κ3) is 4.66. The minimum absolute atomic E-state index is 0.0578. The topological polar surface area (TPSA) is 163 Å². The fourth-order valence-corrected chi connectivity index (χ4v) is 1.88. The minimum Gasteiger partial charge on any atom is -0.480 e. The molecule has 1 aromatic rings. The van der Waals surface area contributed by atoms with E-state index in [1.54, 1.807) is 0 Å². The second-order valence-electron chi connectivity index (χ2n) is 4.60. The molecule has 0 bridgehead atoms. The number of nitrogens with zero attached hydrogens (tertiary/aromatic N) is 2. The first-order chi connectivity index (χ1) is 10.4. The Morgan fingerprint density at radius 2 is 1.95 bits per heavy atom. The number of anilines is 1. The second-order valence-corrected chi connectivity index (χ2v) is 4.60. The number of carboxylic acids is 1. The molecule has 1 unspecified atom stereocenters. The Morgan fingerprint density at radius 1 is 1.27 bits per heavy atom. The van der Waals surface area contributed by atoms with E-state index in [2.05, 4.69) is 11.1 Å². The zero-order chi connectivity index (χ0) is 16.7. The van der Waals surface area contributed by atoms with Crippen LogP contribution in [0.25, 0.3) is 0 Å². The van der Waals surface area contributed by atoms with Crippen LogP contribution in [0, 0.1) is 20.2 Å². The largest absolute Gasteiger partial charge is 0.480 e. The molecule has 5 N–H and O–H groups in total. The first-order valence-corrected chi connectivity index (χ1v) is 6.58. The standard InChI is InChI=1S/C12H16N4O6/c13-6-2-1-3-10(12(17)18)14-9-5-4-8(15(19)20)7-11(9)16(21)22/h4-5,7,10,14H,1-3,6,13H2,(H,17,18)/p+1. The van der Waals surface area contributed by atoms with Gasteiger partial charge >= 0.3 is 5.97 Å². The van der Waals surface area contributed by atoms with Crippen LogP contribution in [0.3, 0.4) is 0 Å². The van der Waals surface area contributed by atoms with E-state index < -0.39 is 33.2 Å². The van der Waals surface area contributed by atoms with Crippen LogP contribution in [0.4, 0.5) is 17.1 Å². The lowest BCUT2D eigenvalue weighted by atomic mass is 10.1. The molecule has 0 aliphatic rings. The molecule has 1 rings (SSSR count). The number of unbranched alkanes of at least 4 members (excludes halogenated alkanes) is 1. The van der Waals surface area contributed by atoms with Crippen molar-refractivity contribution in [2.24, 2.45) is 0 Å². The SMILES string of the molecule is [NH3+]CCCCC(Nc1ccc([N+](=O)[O-])cc1[N+](=O)[O-])C(=O)O. The van der Waals surface area contributed by atoms with Crippen molar-refractivity contribution < 1.29 is 25.5 Å². The molecule has 120 valence electrons. The maximum absolute atomic E-state index is 11.2. The van der Waals surface area contributed by atoms with Gasteiger partial charge < -0.3 is 16.2 Å². The smallest absolute Gasteiger partial charge is 0.326 e. The van der Waals surface area contributed by atoms with Crippen molar-refractivity contribution in [3.05, 3.63) is 38.4 Å². The number of carbonyl (C=O) groups is 1. The normalized spacial score (nSPS) is 11.7. The van der Waals surface area contributed by atoms with Crippen LogP contribution in [0.5, 0.6) is 0 Å². The number of benzene rings is 1. The van der Waals surface area contributed by atoms with Crippen molar-refractivity contribution in [1.82, 2.24) is 0 Å². The first kappa shape index (κ1) is 17.3. The van der Waals surface area contributed by atoms with Gasteiger partial charge in [0.15, 0.2) is 0 Å². The lowest BCUT2D eigenvalue weighted by molar-refractivity contribution is -0.393. The summed E-state index contributed by atoms with van der Waals surface area (Å²) in [6.45, 7) is 0.671. The van der Waals surface area contributed by atoms with Gasteiger partial charge in [-0.25, -0.2) is 4.79 Å². The van der Waals surface area contributed by atoms with Crippen LogP contribution in [0.2, 0.25) is 0 Å². The zero-order valence-electron chi connectivity index (χ0n) is 11.7. The molecule has 0 radical (unpaired) electrons. The molecule has 22 heavy (non-hydrogen) atoms. The molecule has 0 saturated heterocycles. The van der Waals surface area contributed by atoms with Crippen molar-refractivity contribution in [3.8, 4) is 0 Å². The van der Waals surface area contributed by atoms with Crippen molar-refractivity contribution in [1.29, 1.82) is 0 Å². The quantitative estimate of drug-likeness (QED) is 0.344. The van der Waals surface area contributed by atoms with Crippen molar-refractivity contribution >= 4 is 23.0 Å². The van der Waals surface area contributed by atoms with Crippen LogP contribution < -0.4 is 11.1 Å². The molecule has 1 aromatic carbocycles. The second kappa shape index (κ2) is 7.88. The lowest BCUT2D eigenvalue weighted by Gasteiger charge is -2.15. The summed E-state index contributed by atoms with van der Waals surface area (Å²) < 4.78 is 0. The summed E-state index contributed by atoms with van der Waals surface area (Å²) in [6, 6.07) is 2.03. The summed E-state index contributed by atoms with van der Waals surface area (Å²) in [4.78, 5) is 31.3. The molecule has 10 heteroatoms. The van der Waals surface area contributed by atoms with Crippen molar-refractivity contribution in [2.75, 3.05) is 11.9 Å². The summed E-state index contributed by atoms with van der Waals surface area (Å²) in [5.74, 6) is -1.14. The molecule has 0 aliphatic heterocycles. The third-order valence-electron chi connectivity index (χ3n) is 3.01. The van der Waals surface area contributed by atoms with Gasteiger partial charge in [0.1, 0.15) is 11.7 Å². The van der Waals surface area contributed by atoms with Crippen LogP contribution in [0.1, 0.15) is 19.3 Å². The zero-order valence-corrected chi connectivity index (χ0v) is 11.7. The van der Waals surface area contributed by atoms with Gasteiger partial charge in [0.25, 0.3) is 11.4 Å². The Balaban J connectivity index is 3.00. The molecule has 0 spiro atoms. The van der Waals surface area contributed by atoms with E-state index in [1.165, 1.54) is 0 Å². The Hall–Kier alpha value is -2.75. The Kier molecular flexibility index (Phi) is 6.20. The summed E-state index contributed by atoms with van der Waals surface area (Å²) in [6.07, 6.45) is 1.63. The van der Waals surface area contributed by atoms with Gasteiger partial charge in [-0.15, -0.1) is 0 Å². The summed E-state index contributed by atoms with van der Waals surface area (Å²) in [5, 5.41) is 33.4. The van der Waals surface area contributed by atoms with E-state index in [0.717, 1.165) is 24.6 Å². The number of hydrogen-bond donors (Lipinski definition) is 3. The van der Waals surface area contributed by atoms with Crippen LogP contribution in [-0.2, 0) is 4.79 Å². The Bertz CT molecular complexity index is 577. The van der Waals surface area contributed by atoms with E-state index in [9.17, 15) is 25.0 Å². The van der Waals surface area contributed by atoms with E-state index >= 15 is 0 Å². The minimum atomic E-state index is -1.14. The highest BCUT2D eigenvalue weighted by Crippen LogP contribution is 2.29. The Morgan fingerprint density at radius 3 is 2.45 bits per heavy atom. The predicted octanol–water partition coefficient (Wildman–Crippen LogP) is 0.780. The highest BCUT2D eigenvalue weighted by Gasteiger charge is 2.24. The maximum Gasteiger partial charge on any atom is 0.326 e. The number of non-ortho nitro benzene ring substituents is 1. The highest BCUT2D eigenvalue weighted by molar-refractivity contribution is 5.79. The van der Waals surface area contributed by atoms with Gasteiger partial charge in [0, 0.05) is 6.07 Å². The number of nitro benzene ring substituents is 2. The number of carboxylic acid groups (broad SMARTS) is 1. The van der Waals surface area contributed by atoms with Crippen molar-refractivity contribution in [3.63, 3.8) is 0 Å².